The van der Waals surface area contributed by atoms with E-state index in [0.29, 0.717) is 17.3 Å². The van der Waals surface area contributed by atoms with Crippen molar-refractivity contribution >= 4 is 27.5 Å². The van der Waals surface area contributed by atoms with E-state index in [9.17, 15) is 4.79 Å². The van der Waals surface area contributed by atoms with E-state index in [4.69, 9.17) is 5.73 Å². The third-order valence-electron chi connectivity index (χ3n) is 2.15. The van der Waals surface area contributed by atoms with Gasteiger partial charge < -0.3 is 11.1 Å². The van der Waals surface area contributed by atoms with Crippen molar-refractivity contribution in [1.82, 2.24) is 5.32 Å². The number of nitrogens with two attached hydrogens (primary N) is 1. The number of amides is 1. The summed E-state index contributed by atoms with van der Waals surface area (Å²) < 4.78 is 0.782. The standard InChI is InChI=1S/C10H11BrN2O/c11-9-4-1-6(12)5-8(9)10(14)13-7-2-3-7/h1,4-5,7H,2-3,12H2,(H,13,14). The van der Waals surface area contributed by atoms with Gasteiger partial charge in [-0.15, -0.1) is 0 Å². The summed E-state index contributed by atoms with van der Waals surface area (Å²) in [5.74, 6) is -0.0494. The highest BCUT2D eigenvalue weighted by atomic mass is 79.9. The number of rotatable bonds is 2. The summed E-state index contributed by atoms with van der Waals surface area (Å²) in [5.41, 5.74) is 6.82. The lowest BCUT2D eigenvalue weighted by molar-refractivity contribution is 0.0950. The van der Waals surface area contributed by atoms with Crippen molar-refractivity contribution in [3.05, 3.63) is 28.2 Å². The van der Waals surface area contributed by atoms with Crippen LogP contribution in [0.3, 0.4) is 0 Å². The van der Waals surface area contributed by atoms with Gasteiger partial charge in [-0.1, -0.05) is 0 Å². The molecule has 1 aromatic rings. The van der Waals surface area contributed by atoms with Gasteiger partial charge in [0.2, 0.25) is 0 Å². The first kappa shape index (κ1) is 9.52. The monoisotopic (exact) mass is 254 g/mol. The Morgan fingerprint density at radius 1 is 1.50 bits per heavy atom. The van der Waals surface area contributed by atoms with Gasteiger partial charge in [-0.2, -0.15) is 0 Å². The molecule has 0 unspecified atom stereocenters. The van der Waals surface area contributed by atoms with E-state index in [-0.39, 0.29) is 5.91 Å². The van der Waals surface area contributed by atoms with Crippen LogP contribution in [0.1, 0.15) is 23.2 Å². The first-order valence-corrected chi connectivity index (χ1v) is 5.32. The van der Waals surface area contributed by atoms with Gasteiger partial charge in [0.05, 0.1) is 5.56 Å². The van der Waals surface area contributed by atoms with Crippen molar-refractivity contribution in [3.63, 3.8) is 0 Å². The summed E-state index contributed by atoms with van der Waals surface area (Å²) in [7, 11) is 0. The molecule has 1 aliphatic carbocycles. The normalized spacial score (nSPS) is 15.2. The van der Waals surface area contributed by atoms with E-state index < -0.39 is 0 Å². The minimum atomic E-state index is -0.0494. The molecule has 14 heavy (non-hydrogen) atoms. The maximum atomic E-state index is 11.7. The molecule has 0 aromatic heterocycles. The number of hydrogen-bond donors (Lipinski definition) is 2. The van der Waals surface area contributed by atoms with Crippen molar-refractivity contribution in [1.29, 1.82) is 0 Å². The van der Waals surface area contributed by atoms with Crippen molar-refractivity contribution in [2.45, 2.75) is 18.9 Å². The average Bonchev–Trinajstić information content (AvgIpc) is 2.93. The Balaban J connectivity index is 2.20. The quantitative estimate of drug-likeness (QED) is 0.793. The Hall–Kier alpha value is -1.03. The Morgan fingerprint density at radius 3 is 2.86 bits per heavy atom. The zero-order valence-corrected chi connectivity index (χ0v) is 9.17. The van der Waals surface area contributed by atoms with Crippen LogP contribution in [0, 0.1) is 0 Å². The number of halogens is 1. The third kappa shape index (κ3) is 2.07. The molecule has 3 N–H and O–H groups in total. The minimum absolute atomic E-state index is 0.0494. The molecule has 1 saturated carbocycles. The van der Waals surface area contributed by atoms with Crippen LogP contribution in [0.5, 0.6) is 0 Å². The molecule has 0 radical (unpaired) electrons. The van der Waals surface area contributed by atoms with Gasteiger partial charge in [0, 0.05) is 16.2 Å². The fourth-order valence-electron chi connectivity index (χ4n) is 1.21. The fourth-order valence-corrected chi connectivity index (χ4v) is 1.63. The van der Waals surface area contributed by atoms with Crippen LogP contribution in [-0.4, -0.2) is 11.9 Å². The molecule has 0 atom stereocenters. The molecule has 1 amide bonds. The van der Waals surface area contributed by atoms with Crippen LogP contribution in [0.15, 0.2) is 22.7 Å². The molecule has 0 aliphatic heterocycles. The first-order valence-electron chi connectivity index (χ1n) is 4.52. The zero-order chi connectivity index (χ0) is 10.1. The fraction of sp³-hybridized carbons (Fsp3) is 0.300. The van der Waals surface area contributed by atoms with Crippen LogP contribution in [-0.2, 0) is 0 Å². The molecule has 0 heterocycles. The number of hydrogen-bond acceptors (Lipinski definition) is 2. The highest BCUT2D eigenvalue weighted by Crippen LogP contribution is 2.23. The zero-order valence-electron chi connectivity index (χ0n) is 7.59. The Morgan fingerprint density at radius 2 is 2.21 bits per heavy atom. The van der Waals surface area contributed by atoms with E-state index in [1.165, 1.54) is 0 Å². The molecule has 3 nitrogen and oxygen atoms in total. The van der Waals surface area contributed by atoms with Gasteiger partial charge in [0.15, 0.2) is 0 Å². The lowest BCUT2D eigenvalue weighted by Crippen LogP contribution is -2.25. The SMILES string of the molecule is Nc1ccc(Br)c(C(=O)NC2CC2)c1. The molecule has 4 heteroatoms. The summed E-state index contributed by atoms with van der Waals surface area (Å²) in [4.78, 5) is 11.7. The molecule has 1 fully saturated rings. The molecule has 0 bridgehead atoms. The third-order valence-corrected chi connectivity index (χ3v) is 2.84. The van der Waals surface area contributed by atoms with Crippen molar-refractivity contribution in [3.8, 4) is 0 Å². The highest BCUT2D eigenvalue weighted by molar-refractivity contribution is 9.10. The maximum Gasteiger partial charge on any atom is 0.252 e. The topological polar surface area (TPSA) is 55.1 Å². The second kappa shape index (κ2) is 3.61. The summed E-state index contributed by atoms with van der Waals surface area (Å²) in [6, 6.07) is 5.60. The molecule has 0 spiro atoms. The maximum absolute atomic E-state index is 11.7. The summed E-state index contributed by atoms with van der Waals surface area (Å²) in [5, 5.41) is 2.91. The van der Waals surface area contributed by atoms with Crippen LogP contribution in [0.25, 0.3) is 0 Å². The number of nitrogens with one attached hydrogen (secondary N) is 1. The number of benzene rings is 1. The molecule has 2 rings (SSSR count). The predicted octanol–water partition coefficient (Wildman–Crippen LogP) is 1.92. The second-order valence-electron chi connectivity index (χ2n) is 3.49. The summed E-state index contributed by atoms with van der Waals surface area (Å²) >= 11 is 3.32. The van der Waals surface area contributed by atoms with Crippen molar-refractivity contribution < 1.29 is 4.79 Å². The van der Waals surface area contributed by atoms with Gasteiger partial charge in [0.1, 0.15) is 0 Å². The Labute approximate surface area is 90.8 Å². The van der Waals surface area contributed by atoms with Gasteiger partial charge in [-0.3, -0.25) is 4.79 Å². The number of carbonyl (C=O) groups excluding carboxylic acids is 1. The smallest absolute Gasteiger partial charge is 0.252 e. The molecule has 1 aromatic carbocycles. The molecule has 74 valence electrons. The van der Waals surface area contributed by atoms with E-state index in [2.05, 4.69) is 21.2 Å². The minimum Gasteiger partial charge on any atom is -0.399 e. The molecular formula is C10H11BrN2O. The first-order chi connectivity index (χ1) is 6.66. The van der Waals surface area contributed by atoms with Crippen molar-refractivity contribution in [2.24, 2.45) is 0 Å². The van der Waals surface area contributed by atoms with Gasteiger partial charge in [-0.05, 0) is 47.0 Å². The number of nitrogen functional groups attached to an aromatic ring is 1. The van der Waals surface area contributed by atoms with Crippen LogP contribution >= 0.6 is 15.9 Å². The van der Waals surface area contributed by atoms with Crippen molar-refractivity contribution in [2.75, 3.05) is 5.73 Å². The van der Waals surface area contributed by atoms with Crippen LogP contribution < -0.4 is 11.1 Å². The van der Waals surface area contributed by atoms with Gasteiger partial charge >= 0.3 is 0 Å². The van der Waals surface area contributed by atoms with E-state index in [1.807, 2.05) is 0 Å². The molecular weight excluding hydrogens is 244 g/mol. The van der Waals surface area contributed by atoms with E-state index in [1.54, 1.807) is 18.2 Å². The Kier molecular flexibility index (Phi) is 2.46. The lowest BCUT2D eigenvalue weighted by atomic mass is 10.2. The van der Waals surface area contributed by atoms with Crippen LogP contribution in [0.2, 0.25) is 0 Å². The highest BCUT2D eigenvalue weighted by Gasteiger charge is 2.24. The average molecular weight is 255 g/mol. The van der Waals surface area contributed by atoms with E-state index >= 15 is 0 Å². The summed E-state index contributed by atoms with van der Waals surface area (Å²) in [6.07, 6.45) is 2.18. The van der Waals surface area contributed by atoms with Gasteiger partial charge in [-0.25, -0.2) is 0 Å². The van der Waals surface area contributed by atoms with Crippen LogP contribution in [0.4, 0.5) is 5.69 Å². The number of carbonyl (C=O) groups is 1. The number of anilines is 1. The summed E-state index contributed by atoms with van der Waals surface area (Å²) in [6.45, 7) is 0. The molecule has 0 saturated heterocycles. The largest absolute Gasteiger partial charge is 0.399 e. The molecule has 1 aliphatic rings. The Bertz CT molecular complexity index is 374. The predicted molar refractivity (Wildman–Crippen MR) is 59.0 cm³/mol. The van der Waals surface area contributed by atoms with Gasteiger partial charge in [0.25, 0.3) is 5.91 Å². The van der Waals surface area contributed by atoms with E-state index in [0.717, 1.165) is 17.3 Å². The second-order valence-corrected chi connectivity index (χ2v) is 4.34. The lowest BCUT2D eigenvalue weighted by Gasteiger charge is -2.06.